The molecule has 194 valence electrons. The Morgan fingerprint density at radius 1 is 1.17 bits per heavy atom. The molecule has 3 fully saturated rings. The summed E-state index contributed by atoms with van der Waals surface area (Å²) in [5, 5.41) is 5.82. The maximum Gasteiger partial charge on any atom is 0.268 e. The molecule has 2 N–H and O–H groups in total. The number of hydrogen-bond acceptors (Lipinski definition) is 4. The number of anilines is 1. The Bertz CT molecular complexity index is 1240. The van der Waals surface area contributed by atoms with Crippen molar-refractivity contribution in [2.24, 2.45) is 11.8 Å². The second-order valence-electron chi connectivity index (χ2n) is 10.1. The van der Waals surface area contributed by atoms with E-state index in [2.05, 4.69) is 15.5 Å². The number of benzene rings is 1. The van der Waals surface area contributed by atoms with E-state index in [9.17, 15) is 31.5 Å². The number of fused-ring (bicyclic) bond motifs is 1. The van der Waals surface area contributed by atoms with Gasteiger partial charge in [-0.05, 0) is 32.2 Å². The van der Waals surface area contributed by atoms with Crippen LogP contribution in [0.15, 0.2) is 35.3 Å². The van der Waals surface area contributed by atoms with Crippen molar-refractivity contribution >= 4 is 11.6 Å². The van der Waals surface area contributed by atoms with Crippen LogP contribution >= 0.6 is 0 Å². The van der Waals surface area contributed by atoms with E-state index in [0.29, 0.717) is 11.8 Å². The number of piperidine rings is 1. The minimum atomic E-state index is -3.06. The predicted molar refractivity (Wildman–Crippen MR) is 123 cm³/mol. The molecule has 0 radical (unpaired) electrons. The van der Waals surface area contributed by atoms with Crippen molar-refractivity contribution < 1.29 is 26.7 Å². The van der Waals surface area contributed by atoms with Crippen LogP contribution in [0.3, 0.4) is 0 Å². The first-order valence-corrected chi connectivity index (χ1v) is 11.9. The molecular weight excluding hydrogens is 483 g/mol. The van der Waals surface area contributed by atoms with Gasteiger partial charge in [0.25, 0.3) is 23.8 Å². The van der Waals surface area contributed by atoms with Crippen LogP contribution in [-0.4, -0.2) is 47.5 Å². The highest BCUT2D eigenvalue weighted by molar-refractivity contribution is 5.99. The van der Waals surface area contributed by atoms with Crippen LogP contribution in [-0.2, 0) is 0 Å². The maximum absolute atomic E-state index is 14.6. The van der Waals surface area contributed by atoms with Gasteiger partial charge in [-0.1, -0.05) is 18.2 Å². The Morgan fingerprint density at radius 2 is 1.83 bits per heavy atom. The van der Waals surface area contributed by atoms with Gasteiger partial charge in [0.05, 0.1) is 22.9 Å². The molecule has 2 aliphatic carbocycles. The van der Waals surface area contributed by atoms with Gasteiger partial charge in [-0.15, -0.1) is 0 Å². The van der Waals surface area contributed by atoms with Crippen LogP contribution in [0.4, 0.5) is 27.6 Å². The molecule has 0 bridgehead atoms. The number of alkyl halides is 4. The van der Waals surface area contributed by atoms with E-state index in [1.165, 1.54) is 19.1 Å². The first-order valence-electron chi connectivity index (χ1n) is 11.9. The maximum atomic E-state index is 14.6. The molecule has 1 amide bonds. The second-order valence-corrected chi connectivity index (χ2v) is 10.1. The molecule has 5 rings (SSSR count). The van der Waals surface area contributed by atoms with Crippen LogP contribution in [0.2, 0.25) is 0 Å². The zero-order valence-electron chi connectivity index (χ0n) is 19.8. The van der Waals surface area contributed by atoms with Gasteiger partial charge >= 0.3 is 0 Å². The fourth-order valence-electron chi connectivity index (χ4n) is 5.48. The van der Waals surface area contributed by atoms with Gasteiger partial charge in [0.15, 0.2) is 0 Å². The van der Waals surface area contributed by atoms with Gasteiger partial charge < -0.3 is 20.1 Å². The lowest BCUT2D eigenvalue weighted by molar-refractivity contribution is -0.123. The molecule has 1 aromatic carbocycles. The molecule has 1 aromatic heterocycles. The quantitative estimate of drug-likeness (QED) is 0.544. The van der Waals surface area contributed by atoms with Crippen LogP contribution in [0.1, 0.15) is 59.8 Å². The summed E-state index contributed by atoms with van der Waals surface area (Å²) in [5.41, 5.74) is -1.37. The van der Waals surface area contributed by atoms with E-state index in [1.807, 2.05) is 7.05 Å². The Kier molecular flexibility index (Phi) is 6.09. The van der Waals surface area contributed by atoms with Crippen molar-refractivity contribution in [1.82, 2.24) is 14.8 Å². The lowest BCUT2D eigenvalue weighted by Crippen LogP contribution is -2.45. The van der Waals surface area contributed by atoms with E-state index in [-0.39, 0.29) is 35.7 Å². The van der Waals surface area contributed by atoms with Crippen molar-refractivity contribution in [3.8, 4) is 0 Å². The third-order valence-corrected chi connectivity index (χ3v) is 7.71. The molecule has 11 heteroatoms. The fraction of sp³-hybridized carbons (Fsp3) is 0.520. The van der Waals surface area contributed by atoms with Gasteiger partial charge in [0.2, 0.25) is 0 Å². The Hall–Kier alpha value is -2.95. The van der Waals surface area contributed by atoms with Crippen molar-refractivity contribution in [3.05, 3.63) is 63.3 Å². The number of carbonyl (C=O) groups excluding carboxylic acids is 1. The number of hydrogen-bond donors (Lipinski definition) is 2. The summed E-state index contributed by atoms with van der Waals surface area (Å²) in [7, 11) is 2.01. The fourth-order valence-corrected chi connectivity index (χ4v) is 5.48. The van der Waals surface area contributed by atoms with Crippen molar-refractivity contribution in [2.45, 2.75) is 50.2 Å². The van der Waals surface area contributed by atoms with Gasteiger partial charge in [0.1, 0.15) is 11.9 Å². The van der Waals surface area contributed by atoms with Crippen molar-refractivity contribution in [1.29, 1.82) is 0 Å². The average molecular weight is 511 g/mol. The van der Waals surface area contributed by atoms with E-state index < -0.39 is 47.3 Å². The smallest absolute Gasteiger partial charge is 0.268 e. The normalized spacial score (nSPS) is 27.3. The average Bonchev–Trinajstić information content (AvgIpc) is 3.24. The largest absolute Gasteiger partial charge is 0.381 e. The third kappa shape index (κ3) is 4.27. The first-order chi connectivity index (χ1) is 17.0. The Morgan fingerprint density at radius 3 is 2.42 bits per heavy atom. The van der Waals surface area contributed by atoms with Crippen LogP contribution in [0, 0.1) is 17.7 Å². The number of amides is 1. The van der Waals surface area contributed by atoms with Gasteiger partial charge in [-0.3, -0.25) is 9.59 Å². The van der Waals surface area contributed by atoms with Gasteiger partial charge in [-0.25, -0.2) is 22.0 Å². The molecule has 2 saturated carbocycles. The Labute approximate surface area is 204 Å². The zero-order chi connectivity index (χ0) is 25.9. The van der Waals surface area contributed by atoms with Crippen LogP contribution < -0.4 is 16.2 Å². The molecule has 5 atom stereocenters. The second kappa shape index (κ2) is 8.86. The molecule has 6 nitrogen and oxygen atoms in total. The summed E-state index contributed by atoms with van der Waals surface area (Å²) in [4.78, 5) is 28.2. The molecule has 2 aromatic rings. The van der Waals surface area contributed by atoms with E-state index in [1.54, 1.807) is 0 Å². The highest BCUT2D eigenvalue weighted by Crippen LogP contribution is 2.48. The summed E-state index contributed by atoms with van der Waals surface area (Å²) >= 11 is 0. The number of halogens is 5. The topological polar surface area (TPSA) is 66.4 Å². The summed E-state index contributed by atoms with van der Waals surface area (Å²) in [6.45, 7) is 3.17. The molecule has 0 spiro atoms. The zero-order valence-corrected chi connectivity index (χ0v) is 19.8. The Balaban J connectivity index is 1.44. The number of nitrogens with zero attached hydrogens (tertiary/aromatic N) is 2. The van der Waals surface area contributed by atoms with Gasteiger partial charge in [-0.2, -0.15) is 0 Å². The SMILES string of the molecule is C[C@@H](NC(=O)c1cn([C@H]2CCC2(F)F)c(=O)cc1N[C@H]1[C@@H]2CN(C)C[C@@H]21)c1cccc(C(F)F)c1F. The molecule has 3 aliphatic rings. The monoisotopic (exact) mass is 510 g/mol. The molecule has 1 aliphatic heterocycles. The van der Waals surface area contributed by atoms with Crippen molar-refractivity contribution in [3.63, 3.8) is 0 Å². The highest BCUT2D eigenvalue weighted by atomic mass is 19.3. The van der Waals surface area contributed by atoms with Crippen molar-refractivity contribution in [2.75, 3.05) is 25.5 Å². The number of nitrogens with one attached hydrogen (secondary N) is 2. The minimum Gasteiger partial charge on any atom is -0.381 e. The first kappa shape index (κ1) is 24.7. The van der Waals surface area contributed by atoms with E-state index in [0.717, 1.165) is 36.0 Å². The molecule has 0 unspecified atom stereocenters. The minimum absolute atomic E-state index is 0.0344. The van der Waals surface area contributed by atoms with E-state index >= 15 is 0 Å². The summed E-state index contributed by atoms with van der Waals surface area (Å²) < 4.78 is 70.0. The van der Waals surface area contributed by atoms with E-state index in [4.69, 9.17) is 0 Å². The number of likely N-dealkylation sites (tertiary alicyclic amines) is 1. The lowest BCUT2D eigenvalue weighted by atomic mass is 9.87. The summed E-state index contributed by atoms with van der Waals surface area (Å²) in [6, 6.07) is 2.40. The molecule has 2 heterocycles. The number of aromatic nitrogens is 1. The number of carbonyl (C=O) groups is 1. The van der Waals surface area contributed by atoms with Crippen LogP contribution in [0.25, 0.3) is 0 Å². The molecule has 36 heavy (non-hydrogen) atoms. The summed E-state index contributed by atoms with van der Waals surface area (Å²) in [5.74, 6) is -4.20. The van der Waals surface area contributed by atoms with Gasteiger partial charge in [0, 0.05) is 43.4 Å². The highest BCUT2D eigenvalue weighted by Gasteiger charge is 2.55. The van der Waals surface area contributed by atoms with Crippen LogP contribution in [0.5, 0.6) is 0 Å². The summed E-state index contributed by atoms with van der Waals surface area (Å²) in [6.07, 6.45) is -2.14. The number of rotatable bonds is 7. The lowest BCUT2D eigenvalue weighted by Gasteiger charge is -2.37. The number of pyridine rings is 1. The standard InChI is InChI=1S/C25H27F5N4O2/c1-12(13-4-3-5-14(21(13)26)23(27)28)31-24(36)17-11-34(19-6-7-25(19,29)30)20(35)8-18(17)32-22-15-9-33(2)10-16(15)22/h3-5,8,11-12,15-16,19,22-23,32H,6-7,9-10H2,1-2H3,(H,31,36)/t12-,15-,16+,19+,22+/m1/s1. The predicted octanol–water partition coefficient (Wildman–Crippen LogP) is 4.36. The molecule has 1 saturated heterocycles. The third-order valence-electron chi connectivity index (χ3n) is 7.71. The molecular formula is C25H27F5N4O2.